The SMILES string of the molecule is CCOC(=O)N1c2cc(C(F)(F)F)ccc2C(N(Cc2cc(C(F)(F)F)cc(C(F)(F)F)c2)C(=O)OC)CC1C. The van der Waals surface area contributed by atoms with Crippen LogP contribution in [0.15, 0.2) is 36.4 Å². The van der Waals surface area contributed by atoms with Gasteiger partial charge in [0.25, 0.3) is 0 Å². The van der Waals surface area contributed by atoms with Crippen molar-refractivity contribution in [2.45, 2.75) is 57.4 Å². The highest BCUT2D eigenvalue weighted by molar-refractivity contribution is 5.90. The Morgan fingerprint density at radius 2 is 1.45 bits per heavy atom. The van der Waals surface area contributed by atoms with Crippen LogP contribution in [0.1, 0.15) is 54.1 Å². The first-order chi connectivity index (χ1) is 18.4. The fraction of sp³-hybridized carbons (Fsp3) is 0.440. The van der Waals surface area contributed by atoms with E-state index in [1.165, 1.54) is 13.8 Å². The maximum atomic E-state index is 13.5. The molecule has 15 heteroatoms. The monoisotopic (exact) mass is 586 g/mol. The summed E-state index contributed by atoms with van der Waals surface area (Å²) in [6.07, 6.45) is -17.4. The van der Waals surface area contributed by atoms with Gasteiger partial charge in [-0.1, -0.05) is 6.07 Å². The van der Waals surface area contributed by atoms with E-state index in [0.717, 1.165) is 23.0 Å². The van der Waals surface area contributed by atoms with Crippen LogP contribution in [0.25, 0.3) is 0 Å². The highest BCUT2D eigenvalue weighted by Crippen LogP contribution is 2.45. The van der Waals surface area contributed by atoms with Crippen LogP contribution < -0.4 is 4.90 Å². The molecule has 2 amide bonds. The molecule has 2 unspecified atom stereocenters. The lowest BCUT2D eigenvalue weighted by molar-refractivity contribution is -0.143. The number of halogens is 9. The van der Waals surface area contributed by atoms with E-state index in [9.17, 15) is 49.1 Å². The van der Waals surface area contributed by atoms with Crippen molar-refractivity contribution in [2.75, 3.05) is 18.6 Å². The molecule has 2 aromatic rings. The standard InChI is InChI=1S/C25H23F9N2O4/c1-4-40-22(38)36-13(2)7-19(18-6-5-15(11-20(18)36)23(26,27)28)35(21(37)39-3)12-14-8-16(24(29,30)31)10-17(9-14)25(32,33)34/h5-6,8-11,13,19H,4,7,12H2,1-3H3. The summed E-state index contributed by atoms with van der Waals surface area (Å²) in [6, 6.07) is 1.05. The number of amides is 2. The lowest BCUT2D eigenvalue weighted by Crippen LogP contribution is -2.47. The number of rotatable bonds is 4. The topological polar surface area (TPSA) is 59.1 Å². The van der Waals surface area contributed by atoms with Gasteiger partial charge in [0.15, 0.2) is 0 Å². The van der Waals surface area contributed by atoms with Crippen molar-refractivity contribution >= 4 is 17.9 Å². The Morgan fingerprint density at radius 1 is 0.900 bits per heavy atom. The zero-order valence-corrected chi connectivity index (χ0v) is 21.2. The van der Waals surface area contributed by atoms with Crippen LogP contribution in [-0.2, 0) is 34.5 Å². The first-order valence-corrected chi connectivity index (χ1v) is 11.7. The third kappa shape index (κ3) is 6.55. The van der Waals surface area contributed by atoms with Gasteiger partial charge >= 0.3 is 30.7 Å². The maximum absolute atomic E-state index is 13.5. The molecule has 220 valence electrons. The zero-order valence-electron chi connectivity index (χ0n) is 21.2. The number of ether oxygens (including phenoxy) is 2. The van der Waals surface area contributed by atoms with Crippen LogP contribution in [0, 0.1) is 0 Å². The van der Waals surface area contributed by atoms with E-state index in [2.05, 4.69) is 0 Å². The first-order valence-electron chi connectivity index (χ1n) is 11.7. The molecule has 0 saturated heterocycles. The third-order valence-corrected chi connectivity index (χ3v) is 6.23. The van der Waals surface area contributed by atoms with Gasteiger partial charge in [-0.3, -0.25) is 9.80 Å². The fourth-order valence-electron chi connectivity index (χ4n) is 4.50. The lowest BCUT2D eigenvalue weighted by Gasteiger charge is -2.42. The number of carbonyl (C=O) groups excluding carboxylic acids is 2. The molecule has 0 N–H and O–H groups in total. The predicted molar refractivity (Wildman–Crippen MR) is 122 cm³/mol. The molecular weight excluding hydrogens is 563 g/mol. The van der Waals surface area contributed by atoms with Gasteiger partial charge in [0.1, 0.15) is 0 Å². The molecule has 1 aliphatic rings. The van der Waals surface area contributed by atoms with Crippen molar-refractivity contribution < 1.29 is 58.6 Å². The maximum Gasteiger partial charge on any atom is 0.416 e. The highest BCUT2D eigenvalue weighted by Gasteiger charge is 2.42. The van der Waals surface area contributed by atoms with Crippen LogP contribution in [0.4, 0.5) is 54.8 Å². The van der Waals surface area contributed by atoms with Gasteiger partial charge in [-0.05, 0) is 61.7 Å². The molecule has 0 saturated carbocycles. The minimum Gasteiger partial charge on any atom is -0.453 e. The van der Waals surface area contributed by atoms with E-state index in [0.29, 0.717) is 24.3 Å². The van der Waals surface area contributed by atoms with Crippen LogP contribution >= 0.6 is 0 Å². The average Bonchev–Trinajstić information content (AvgIpc) is 2.84. The molecule has 0 spiro atoms. The van der Waals surface area contributed by atoms with E-state index in [1.54, 1.807) is 0 Å². The first kappa shape index (κ1) is 30.9. The number of benzene rings is 2. The van der Waals surface area contributed by atoms with E-state index in [1.807, 2.05) is 0 Å². The Labute approximate surface area is 222 Å². The third-order valence-electron chi connectivity index (χ3n) is 6.23. The number of methoxy groups -OCH3 is 1. The van der Waals surface area contributed by atoms with Gasteiger partial charge in [-0.2, -0.15) is 39.5 Å². The zero-order chi connectivity index (χ0) is 30.2. The Kier molecular flexibility index (Phi) is 8.56. The van der Waals surface area contributed by atoms with Crippen LogP contribution in [-0.4, -0.2) is 36.8 Å². The number of hydrogen-bond acceptors (Lipinski definition) is 4. The Balaban J connectivity index is 2.18. The van der Waals surface area contributed by atoms with Crippen LogP contribution in [0.3, 0.4) is 0 Å². The van der Waals surface area contributed by atoms with E-state index in [-0.39, 0.29) is 30.3 Å². The average molecular weight is 586 g/mol. The fourth-order valence-corrected chi connectivity index (χ4v) is 4.50. The summed E-state index contributed by atoms with van der Waals surface area (Å²) < 4.78 is 131. The molecule has 0 aromatic heterocycles. The van der Waals surface area contributed by atoms with Gasteiger partial charge in [0.05, 0.1) is 42.1 Å². The second-order valence-corrected chi connectivity index (χ2v) is 8.95. The molecule has 40 heavy (non-hydrogen) atoms. The number of carbonyl (C=O) groups is 2. The van der Waals surface area contributed by atoms with Crippen molar-refractivity contribution in [1.82, 2.24) is 4.90 Å². The Morgan fingerprint density at radius 3 is 1.93 bits per heavy atom. The minimum atomic E-state index is -5.15. The molecule has 0 bridgehead atoms. The predicted octanol–water partition coefficient (Wildman–Crippen LogP) is 7.81. The minimum absolute atomic E-state index is 0.0208. The summed E-state index contributed by atoms with van der Waals surface area (Å²) in [6.45, 7) is 1.99. The second-order valence-electron chi connectivity index (χ2n) is 8.95. The van der Waals surface area contributed by atoms with Gasteiger partial charge < -0.3 is 9.47 Å². The number of alkyl halides is 9. The van der Waals surface area contributed by atoms with Gasteiger partial charge in [-0.25, -0.2) is 9.59 Å². The molecule has 2 atom stereocenters. The van der Waals surface area contributed by atoms with Gasteiger partial charge in [0, 0.05) is 12.6 Å². The quantitative estimate of drug-likeness (QED) is 0.343. The summed E-state index contributed by atoms with van der Waals surface area (Å²) in [4.78, 5) is 27.2. The van der Waals surface area contributed by atoms with Crippen molar-refractivity contribution in [3.05, 3.63) is 64.2 Å². The number of fused-ring (bicyclic) bond motifs is 1. The molecule has 3 rings (SSSR count). The van der Waals surface area contributed by atoms with Crippen molar-refractivity contribution in [3.8, 4) is 0 Å². The summed E-state index contributed by atoms with van der Waals surface area (Å²) in [7, 11) is 0.924. The molecule has 0 radical (unpaired) electrons. The molecule has 0 aliphatic carbocycles. The molecule has 1 heterocycles. The molecular formula is C25H23F9N2O4. The molecule has 2 aromatic carbocycles. The number of nitrogens with zero attached hydrogens (tertiary/aromatic N) is 2. The van der Waals surface area contributed by atoms with Crippen LogP contribution in [0.2, 0.25) is 0 Å². The second kappa shape index (κ2) is 11.1. The summed E-state index contributed by atoms with van der Waals surface area (Å²) in [5, 5.41) is 0. The van der Waals surface area contributed by atoms with Gasteiger partial charge in [-0.15, -0.1) is 0 Å². The smallest absolute Gasteiger partial charge is 0.416 e. The largest absolute Gasteiger partial charge is 0.453 e. The van der Waals surface area contributed by atoms with Crippen molar-refractivity contribution in [1.29, 1.82) is 0 Å². The number of hydrogen-bond donors (Lipinski definition) is 0. The van der Waals surface area contributed by atoms with E-state index < -0.39 is 71.6 Å². The normalized spacial score (nSPS) is 17.8. The van der Waals surface area contributed by atoms with Crippen LogP contribution in [0.5, 0.6) is 0 Å². The Bertz CT molecular complexity index is 1230. The summed E-state index contributed by atoms with van der Waals surface area (Å²) in [5.74, 6) is 0. The van der Waals surface area contributed by atoms with E-state index >= 15 is 0 Å². The molecule has 1 aliphatic heterocycles. The lowest BCUT2D eigenvalue weighted by atomic mass is 9.89. The highest BCUT2D eigenvalue weighted by atomic mass is 19.4. The Hall–Kier alpha value is -3.65. The summed E-state index contributed by atoms with van der Waals surface area (Å²) in [5.41, 5.74) is -5.21. The van der Waals surface area contributed by atoms with Crippen molar-refractivity contribution in [2.24, 2.45) is 0 Å². The number of anilines is 1. The summed E-state index contributed by atoms with van der Waals surface area (Å²) >= 11 is 0. The van der Waals surface area contributed by atoms with Gasteiger partial charge in [0.2, 0.25) is 0 Å². The van der Waals surface area contributed by atoms with E-state index in [4.69, 9.17) is 9.47 Å². The molecule has 6 nitrogen and oxygen atoms in total. The molecule has 0 fully saturated rings. The van der Waals surface area contributed by atoms with Crippen molar-refractivity contribution in [3.63, 3.8) is 0 Å².